The summed E-state index contributed by atoms with van der Waals surface area (Å²) >= 11 is 12.3. The number of hydrogen-bond donors (Lipinski definition) is 1. The standard InChI is InChI=1S/C26H24Cl2N4O2/c1-26(2,3)22-14-21(32(31-22)16-17-8-5-4-6-9-17)25(33)30-18-12-13-23(29-15-18)34-24-19(27)10-7-11-20(24)28/h4-15H,16H2,1-3H3,(H,30,33). The molecule has 0 aliphatic rings. The van der Waals surface area contributed by atoms with Crippen molar-refractivity contribution < 1.29 is 9.53 Å². The Kier molecular flexibility index (Phi) is 6.91. The Hall–Kier alpha value is -3.35. The van der Waals surface area contributed by atoms with Gasteiger partial charge < -0.3 is 10.1 Å². The number of rotatable bonds is 6. The molecule has 0 aliphatic carbocycles. The van der Waals surface area contributed by atoms with Crippen LogP contribution in [0.25, 0.3) is 0 Å². The van der Waals surface area contributed by atoms with Crippen LogP contribution in [-0.4, -0.2) is 20.7 Å². The first kappa shape index (κ1) is 23.8. The molecule has 4 aromatic rings. The number of para-hydroxylation sites is 1. The number of pyridine rings is 1. The summed E-state index contributed by atoms with van der Waals surface area (Å²) < 4.78 is 7.44. The van der Waals surface area contributed by atoms with E-state index >= 15 is 0 Å². The van der Waals surface area contributed by atoms with Crippen molar-refractivity contribution in [1.29, 1.82) is 0 Å². The number of benzene rings is 2. The number of carbonyl (C=O) groups is 1. The Morgan fingerprint density at radius 2 is 1.71 bits per heavy atom. The van der Waals surface area contributed by atoms with Gasteiger partial charge in [0.05, 0.1) is 34.2 Å². The van der Waals surface area contributed by atoms with E-state index in [1.165, 1.54) is 6.20 Å². The van der Waals surface area contributed by atoms with Crippen LogP contribution in [0.15, 0.2) is 72.9 Å². The first-order valence-corrected chi connectivity index (χ1v) is 11.5. The number of anilines is 1. The van der Waals surface area contributed by atoms with Gasteiger partial charge in [-0.2, -0.15) is 5.10 Å². The van der Waals surface area contributed by atoms with E-state index in [1.54, 1.807) is 35.0 Å². The molecule has 2 aromatic carbocycles. The third kappa shape index (κ3) is 5.58. The molecule has 1 amide bonds. The summed E-state index contributed by atoms with van der Waals surface area (Å²) in [5.74, 6) is 0.357. The summed E-state index contributed by atoms with van der Waals surface area (Å²) in [6.45, 7) is 6.69. The highest BCUT2D eigenvalue weighted by atomic mass is 35.5. The monoisotopic (exact) mass is 494 g/mol. The number of halogens is 2. The highest BCUT2D eigenvalue weighted by Crippen LogP contribution is 2.35. The lowest BCUT2D eigenvalue weighted by Gasteiger charge is -2.14. The van der Waals surface area contributed by atoms with E-state index in [0.29, 0.717) is 39.6 Å². The molecule has 8 heteroatoms. The Morgan fingerprint density at radius 1 is 1.00 bits per heavy atom. The maximum absolute atomic E-state index is 13.2. The molecule has 6 nitrogen and oxygen atoms in total. The van der Waals surface area contributed by atoms with Crippen LogP contribution in [-0.2, 0) is 12.0 Å². The summed E-state index contributed by atoms with van der Waals surface area (Å²) in [6, 6.07) is 20.2. The first-order chi connectivity index (χ1) is 16.2. The molecular formula is C26H24Cl2N4O2. The van der Waals surface area contributed by atoms with Gasteiger partial charge in [0, 0.05) is 11.5 Å². The van der Waals surface area contributed by atoms with Gasteiger partial charge in [0.25, 0.3) is 5.91 Å². The Labute approximate surface area is 208 Å². The SMILES string of the molecule is CC(C)(C)c1cc(C(=O)Nc2ccc(Oc3c(Cl)cccc3Cl)nc2)n(Cc2ccccc2)n1. The maximum Gasteiger partial charge on any atom is 0.273 e. The fourth-order valence-electron chi connectivity index (χ4n) is 3.24. The normalized spacial score (nSPS) is 11.3. The van der Waals surface area contributed by atoms with Gasteiger partial charge >= 0.3 is 0 Å². The second-order valence-electron chi connectivity index (χ2n) is 8.80. The van der Waals surface area contributed by atoms with Gasteiger partial charge in [0.15, 0.2) is 5.75 Å². The first-order valence-electron chi connectivity index (χ1n) is 10.7. The van der Waals surface area contributed by atoms with Crippen molar-refractivity contribution in [3.63, 3.8) is 0 Å². The van der Waals surface area contributed by atoms with E-state index in [2.05, 4.69) is 31.1 Å². The predicted molar refractivity (Wildman–Crippen MR) is 135 cm³/mol. The number of aromatic nitrogens is 3. The lowest BCUT2D eigenvalue weighted by Crippen LogP contribution is -2.18. The number of carbonyl (C=O) groups excluding carboxylic acids is 1. The van der Waals surface area contributed by atoms with Crippen LogP contribution in [0.2, 0.25) is 10.0 Å². The number of ether oxygens (including phenoxy) is 1. The quantitative estimate of drug-likeness (QED) is 0.314. The van der Waals surface area contributed by atoms with Crippen molar-refractivity contribution in [2.75, 3.05) is 5.32 Å². The number of nitrogens with one attached hydrogen (secondary N) is 1. The number of amides is 1. The predicted octanol–water partition coefficient (Wildman–Crippen LogP) is 6.98. The average molecular weight is 495 g/mol. The minimum Gasteiger partial charge on any atom is -0.436 e. The van der Waals surface area contributed by atoms with Crippen LogP contribution in [0.4, 0.5) is 5.69 Å². The molecule has 2 heterocycles. The molecular weight excluding hydrogens is 471 g/mol. The van der Waals surface area contributed by atoms with Gasteiger partial charge in [0.1, 0.15) is 5.69 Å². The maximum atomic E-state index is 13.2. The van der Waals surface area contributed by atoms with Crippen molar-refractivity contribution in [2.24, 2.45) is 0 Å². The molecule has 174 valence electrons. The van der Waals surface area contributed by atoms with Gasteiger partial charge in [-0.1, -0.05) is 80.4 Å². The van der Waals surface area contributed by atoms with Crippen molar-refractivity contribution >= 4 is 34.8 Å². The average Bonchev–Trinajstić information content (AvgIpc) is 3.23. The zero-order valence-electron chi connectivity index (χ0n) is 19.0. The molecule has 0 saturated carbocycles. The molecule has 1 N–H and O–H groups in total. The van der Waals surface area contributed by atoms with Crippen molar-refractivity contribution in [3.05, 3.63) is 99.9 Å². The molecule has 0 saturated heterocycles. The fraction of sp³-hybridized carbons (Fsp3) is 0.192. The molecule has 0 radical (unpaired) electrons. The van der Waals surface area contributed by atoms with Gasteiger partial charge in [-0.25, -0.2) is 4.98 Å². The van der Waals surface area contributed by atoms with Gasteiger partial charge in [0.2, 0.25) is 5.88 Å². The second kappa shape index (κ2) is 9.87. The highest BCUT2D eigenvalue weighted by Gasteiger charge is 2.23. The molecule has 0 spiro atoms. The Morgan fingerprint density at radius 3 is 2.32 bits per heavy atom. The van der Waals surface area contributed by atoms with Gasteiger partial charge in [-0.05, 0) is 29.8 Å². The summed E-state index contributed by atoms with van der Waals surface area (Å²) in [5.41, 5.74) is 2.69. The largest absolute Gasteiger partial charge is 0.436 e. The van der Waals surface area contributed by atoms with Gasteiger partial charge in [-0.3, -0.25) is 9.48 Å². The van der Waals surface area contributed by atoms with E-state index in [9.17, 15) is 4.79 Å². The van der Waals surface area contributed by atoms with E-state index in [-0.39, 0.29) is 11.3 Å². The van der Waals surface area contributed by atoms with E-state index in [4.69, 9.17) is 33.0 Å². The van der Waals surface area contributed by atoms with Crippen molar-refractivity contribution in [2.45, 2.75) is 32.7 Å². The molecule has 34 heavy (non-hydrogen) atoms. The van der Waals surface area contributed by atoms with Crippen LogP contribution in [0.5, 0.6) is 11.6 Å². The molecule has 4 rings (SSSR count). The molecule has 0 bridgehead atoms. The van der Waals surface area contributed by atoms with Crippen LogP contribution in [0.1, 0.15) is 42.5 Å². The second-order valence-corrected chi connectivity index (χ2v) is 9.61. The highest BCUT2D eigenvalue weighted by molar-refractivity contribution is 6.37. The van der Waals surface area contributed by atoms with Crippen molar-refractivity contribution in [3.8, 4) is 11.6 Å². The van der Waals surface area contributed by atoms with Crippen LogP contribution < -0.4 is 10.1 Å². The topological polar surface area (TPSA) is 69.0 Å². The van der Waals surface area contributed by atoms with Crippen LogP contribution in [0, 0.1) is 0 Å². The molecule has 0 atom stereocenters. The minimum absolute atomic E-state index is 0.197. The molecule has 0 unspecified atom stereocenters. The summed E-state index contributed by atoms with van der Waals surface area (Å²) in [7, 11) is 0. The van der Waals surface area contributed by atoms with E-state index in [1.807, 2.05) is 36.4 Å². The zero-order valence-corrected chi connectivity index (χ0v) is 20.6. The number of nitrogens with zero attached hydrogens (tertiary/aromatic N) is 3. The number of hydrogen-bond acceptors (Lipinski definition) is 4. The third-order valence-corrected chi connectivity index (χ3v) is 5.67. The molecule has 0 fully saturated rings. The summed E-state index contributed by atoms with van der Waals surface area (Å²) in [4.78, 5) is 17.4. The van der Waals surface area contributed by atoms with E-state index < -0.39 is 0 Å². The smallest absolute Gasteiger partial charge is 0.273 e. The lowest BCUT2D eigenvalue weighted by atomic mass is 9.92. The lowest BCUT2D eigenvalue weighted by molar-refractivity contribution is 0.101. The summed E-state index contributed by atoms with van der Waals surface area (Å²) in [6.07, 6.45) is 1.51. The molecule has 2 aromatic heterocycles. The van der Waals surface area contributed by atoms with Crippen LogP contribution >= 0.6 is 23.2 Å². The third-order valence-electron chi connectivity index (χ3n) is 5.08. The van der Waals surface area contributed by atoms with E-state index in [0.717, 1.165) is 11.3 Å². The van der Waals surface area contributed by atoms with Gasteiger partial charge in [-0.15, -0.1) is 0 Å². The molecule has 0 aliphatic heterocycles. The van der Waals surface area contributed by atoms with Crippen LogP contribution in [0.3, 0.4) is 0 Å². The Balaban J connectivity index is 1.53. The van der Waals surface area contributed by atoms with Crippen molar-refractivity contribution in [1.82, 2.24) is 14.8 Å². The fourth-order valence-corrected chi connectivity index (χ4v) is 3.71. The summed E-state index contributed by atoms with van der Waals surface area (Å²) in [5, 5.41) is 8.37. The minimum atomic E-state index is -0.274. The zero-order chi connectivity index (χ0) is 24.3. The Bertz CT molecular complexity index is 1280.